The third-order valence-corrected chi connectivity index (χ3v) is 9.16. The topological polar surface area (TPSA) is 51.2 Å². The van der Waals surface area contributed by atoms with Crippen LogP contribution in [-0.2, 0) is 21.1 Å². The highest BCUT2D eigenvalue weighted by atomic mass is 32.2. The fourth-order valence-electron chi connectivity index (χ4n) is 4.91. The molecular formula is C23H34O3S. The summed E-state index contributed by atoms with van der Waals surface area (Å²) in [7, 11) is -2.98. The number of carbonyl (C=O) groups excluding carboxylic acids is 1. The van der Waals surface area contributed by atoms with E-state index in [9.17, 15) is 13.2 Å². The summed E-state index contributed by atoms with van der Waals surface area (Å²) in [5, 5.41) is -0.304. The van der Waals surface area contributed by atoms with Gasteiger partial charge in [-0.05, 0) is 80.4 Å². The lowest BCUT2D eigenvalue weighted by Gasteiger charge is -2.28. The first-order valence-corrected chi connectivity index (χ1v) is 12.3. The Kier molecular flexibility index (Phi) is 6.14. The van der Waals surface area contributed by atoms with Gasteiger partial charge < -0.3 is 0 Å². The summed E-state index contributed by atoms with van der Waals surface area (Å²) in [4.78, 5) is 12.8. The Hall–Kier alpha value is -1.16. The molecule has 0 aliphatic heterocycles. The molecule has 27 heavy (non-hydrogen) atoms. The molecule has 0 spiro atoms. The van der Waals surface area contributed by atoms with Crippen molar-refractivity contribution in [2.24, 2.45) is 11.8 Å². The number of sulfone groups is 1. The molecule has 0 N–H and O–H groups in total. The van der Waals surface area contributed by atoms with Crippen LogP contribution in [0.4, 0.5) is 0 Å². The maximum atomic E-state index is 12.8. The summed E-state index contributed by atoms with van der Waals surface area (Å²) in [6.45, 7) is 8.07. The van der Waals surface area contributed by atoms with Crippen molar-refractivity contribution in [1.29, 1.82) is 0 Å². The molecule has 3 nitrogen and oxygen atoms in total. The SMILES string of the molecule is CC1CC(C)c2cc(CC(=O)C3CCC(CS(=O)(=O)C(C)C)CC3)ccc21. The van der Waals surface area contributed by atoms with Crippen molar-refractivity contribution in [2.75, 3.05) is 5.75 Å². The van der Waals surface area contributed by atoms with Gasteiger partial charge >= 0.3 is 0 Å². The third kappa shape index (κ3) is 4.64. The number of hydrogen-bond acceptors (Lipinski definition) is 3. The first-order chi connectivity index (χ1) is 12.7. The molecular weight excluding hydrogens is 356 g/mol. The zero-order chi connectivity index (χ0) is 19.8. The summed E-state index contributed by atoms with van der Waals surface area (Å²) in [6, 6.07) is 6.61. The Labute approximate surface area is 164 Å². The average molecular weight is 391 g/mol. The zero-order valence-corrected chi connectivity index (χ0v) is 18.0. The summed E-state index contributed by atoms with van der Waals surface area (Å²) in [5.41, 5.74) is 4.02. The van der Waals surface area contributed by atoms with Gasteiger partial charge in [0.1, 0.15) is 5.78 Å². The van der Waals surface area contributed by atoms with Crippen molar-refractivity contribution in [1.82, 2.24) is 0 Å². The third-order valence-electron chi connectivity index (χ3n) is 6.79. The monoisotopic (exact) mass is 390 g/mol. The van der Waals surface area contributed by atoms with Crippen molar-refractivity contribution in [3.63, 3.8) is 0 Å². The number of rotatable bonds is 6. The maximum absolute atomic E-state index is 12.8. The number of fused-ring (bicyclic) bond motifs is 1. The van der Waals surface area contributed by atoms with Crippen molar-refractivity contribution >= 4 is 15.6 Å². The van der Waals surface area contributed by atoms with E-state index in [1.807, 2.05) is 0 Å². The molecule has 2 unspecified atom stereocenters. The molecule has 150 valence electrons. The van der Waals surface area contributed by atoms with Gasteiger partial charge in [-0.15, -0.1) is 0 Å². The second kappa shape index (κ2) is 8.06. The Morgan fingerprint density at radius 1 is 1.04 bits per heavy atom. The van der Waals surface area contributed by atoms with E-state index in [1.54, 1.807) is 13.8 Å². The molecule has 4 heteroatoms. The van der Waals surface area contributed by atoms with E-state index in [1.165, 1.54) is 17.5 Å². The van der Waals surface area contributed by atoms with E-state index in [-0.39, 0.29) is 22.8 Å². The van der Waals surface area contributed by atoms with Gasteiger partial charge in [0.05, 0.1) is 11.0 Å². The molecule has 0 aromatic heterocycles. The van der Waals surface area contributed by atoms with Gasteiger partial charge in [-0.25, -0.2) is 8.42 Å². The lowest BCUT2D eigenvalue weighted by molar-refractivity contribution is -0.123. The molecule has 1 saturated carbocycles. The largest absolute Gasteiger partial charge is 0.299 e. The van der Waals surface area contributed by atoms with Gasteiger partial charge in [-0.3, -0.25) is 4.79 Å². The van der Waals surface area contributed by atoms with Crippen LogP contribution in [0.2, 0.25) is 0 Å². The Balaban J connectivity index is 1.56. The van der Waals surface area contributed by atoms with E-state index in [2.05, 4.69) is 32.0 Å². The minimum atomic E-state index is -2.98. The average Bonchev–Trinajstić information content (AvgIpc) is 2.89. The van der Waals surface area contributed by atoms with Crippen molar-refractivity contribution in [2.45, 2.75) is 83.3 Å². The minimum Gasteiger partial charge on any atom is -0.299 e. The van der Waals surface area contributed by atoms with Gasteiger partial charge in [0.2, 0.25) is 0 Å². The van der Waals surface area contributed by atoms with Crippen LogP contribution in [0.15, 0.2) is 18.2 Å². The lowest BCUT2D eigenvalue weighted by atomic mass is 9.79. The van der Waals surface area contributed by atoms with Gasteiger partial charge in [0.25, 0.3) is 0 Å². The zero-order valence-electron chi connectivity index (χ0n) is 17.2. The predicted molar refractivity (Wildman–Crippen MR) is 111 cm³/mol. The summed E-state index contributed by atoms with van der Waals surface area (Å²) in [5.74, 6) is 2.16. The standard InChI is InChI=1S/C23H34O3S/c1-15(2)27(25,26)14-18-5-8-20(9-6-18)23(24)13-19-7-10-21-16(3)11-17(4)22(21)12-19/h7,10,12,15-18,20H,5-6,8-9,11,13-14H2,1-4H3. The molecule has 0 saturated heterocycles. The lowest BCUT2D eigenvalue weighted by Crippen LogP contribution is -2.29. The molecule has 2 aliphatic carbocycles. The molecule has 0 amide bonds. The molecule has 0 bridgehead atoms. The second-order valence-electron chi connectivity index (χ2n) is 9.24. The van der Waals surface area contributed by atoms with Crippen molar-refractivity contribution < 1.29 is 13.2 Å². The van der Waals surface area contributed by atoms with Gasteiger partial charge in [0.15, 0.2) is 9.84 Å². The smallest absolute Gasteiger partial charge is 0.152 e. The number of carbonyl (C=O) groups is 1. The fraction of sp³-hybridized carbons (Fsp3) is 0.696. The van der Waals surface area contributed by atoms with E-state index in [0.29, 0.717) is 24.0 Å². The Morgan fingerprint density at radius 2 is 1.67 bits per heavy atom. The fourth-order valence-corrected chi connectivity index (χ4v) is 6.29. The van der Waals surface area contributed by atoms with E-state index in [0.717, 1.165) is 31.2 Å². The van der Waals surface area contributed by atoms with Crippen LogP contribution < -0.4 is 0 Å². The molecule has 2 aliphatic rings. The highest BCUT2D eigenvalue weighted by Crippen LogP contribution is 2.41. The molecule has 3 rings (SSSR count). The molecule has 0 radical (unpaired) electrons. The normalized spacial score (nSPS) is 28.3. The predicted octanol–water partition coefficient (Wildman–Crippen LogP) is 5.04. The molecule has 1 fully saturated rings. The molecule has 1 aromatic carbocycles. The van der Waals surface area contributed by atoms with Crippen LogP contribution in [0.3, 0.4) is 0 Å². The number of ketones is 1. The molecule has 1 aromatic rings. The number of benzene rings is 1. The quantitative estimate of drug-likeness (QED) is 0.684. The highest BCUT2D eigenvalue weighted by molar-refractivity contribution is 7.91. The minimum absolute atomic E-state index is 0.104. The Morgan fingerprint density at radius 3 is 2.30 bits per heavy atom. The highest BCUT2D eigenvalue weighted by Gasteiger charge is 2.30. The van der Waals surface area contributed by atoms with Gasteiger partial charge in [0, 0.05) is 12.3 Å². The molecule has 0 heterocycles. The van der Waals surface area contributed by atoms with Crippen molar-refractivity contribution in [3.05, 3.63) is 34.9 Å². The Bertz CT molecular complexity index is 786. The van der Waals surface area contributed by atoms with E-state index >= 15 is 0 Å². The second-order valence-corrected chi connectivity index (χ2v) is 11.8. The van der Waals surface area contributed by atoms with Crippen LogP contribution in [-0.4, -0.2) is 25.2 Å². The first-order valence-electron chi connectivity index (χ1n) is 10.5. The maximum Gasteiger partial charge on any atom is 0.152 e. The summed E-state index contributed by atoms with van der Waals surface area (Å²) in [6.07, 6.45) is 5.14. The van der Waals surface area contributed by atoms with Crippen LogP contribution in [0.25, 0.3) is 0 Å². The van der Waals surface area contributed by atoms with E-state index < -0.39 is 9.84 Å². The number of hydrogen-bond donors (Lipinski definition) is 0. The molecule has 2 atom stereocenters. The number of Topliss-reactive ketones (excluding diaryl/α,β-unsaturated/α-hetero) is 1. The van der Waals surface area contributed by atoms with Gasteiger partial charge in [-0.2, -0.15) is 0 Å². The summed E-state index contributed by atoms with van der Waals surface area (Å²) >= 11 is 0. The first kappa shape index (κ1) is 20.6. The van der Waals surface area contributed by atoms with Crippen LogP contribution in [0.1, 0.15) is 88.3 Å². The van der Waals surface area contributed by atoms with Crippen LogP contribution in [0, 0.1) is 11.8 Å². The van der Waals surface area contributed by atoms with Gasteiger partial charge in [-0.1, -0.05) is 32.0 Å². The van der Waals surface area contributed by atoms with Crippen molar-refractivity contribution in [3.8, 4) is 0 Å². The van der Waals surface area contributed by atoms with E-state index in [4.69, 9.17) is 0 Å². The summed E-state index contributed by atoms with van der Waals surface area (Å²) < 4.78 is 24.3. The van der Waals surface area contributed by atoms with Crippen LogP contribution in [0.5, 0.6) is 0 Å². The van der Waals surface area contributed by atoms with Crippen LogP contribution >= 0.6 is 0 Å².